The molecule has 1 amide bonds. The zero-order valence-corrected chi connectivity index (χ0v) is 9.17. The molecule has 0 aromatic rings. The average molecular weight is 200 g/mol. The molecule has 4 heteroatoms. The molecule has 1 fully saturated rings. The maximum atomic E-state index is 11.3. The van der Waals surface area contributed by atoms with Crippen LogP contribution in [0.4, 0.5) is 0 Å². The van der Waals surface area contributed by atoms with E-state index < -0.39 is 0 Å². The van der Waals surface area contributed by atoms with E-state index in [0.717, 1.165) is 12.8 Å². The SMILES string of the molecule is CC(C)(C)OCC(=O)NC1CC(N)C1. The van der Waals surface area contributed by atoms with E-state index in [1.165, 1.54) is 0 Å². The van der Waals surface area contributed by atoms with E-state index in [4.69, 9.17) is 10.5 Å². The number of hydrogen-bond acceptors (Lipinski definition) is 3. The van der Waals surface area contributed by atoms with E-state index in [1.54, 1.807) is 0 Å². The third-order valence-corrected chi connectivity index (χ3v) is 2.18. The lowest BCUT2D eigenvalue weighted by Gasteiger charge is -2.33. The topological polar surface area (TPSA) is 64.3 Å². The van der Waals surface area contributed by atoms with Crippen molar-refractivity contribution >= 4 is 5.91 Å². The predicted molar refractivity (Wildman–Crippen MR) is 54.8 cm³/mol. The molecule has 0 saturated heterocycles. The van der Waals surface area contributed by atoms with Gasteiger partial charge in [0.25, 0.3) is 0 Å². The van der Waals surface area contributed by atoms with Crippen LogP contribution in [0.25, 0.3) is 0 Å². The van der Waals surface area contributed by atoms with Gasteiger partial charge in [-0.15, -0.1) is 0 Å². The maximum absolute atomic E-state index is 11.3. The molecular formula is C10H20N2O2. The molecule has 0 spiro atoms. The van der Waals surface area contributed by atoms with E-state index >= 15 is 0 Å². The molecule has 0 aliphatic heterocycles. The van der Waals surface area contributed by atoms with Crippen molar-refractivity contribution in [2.75, 3.05) is 6.61 Å². The van der Waals surface area contributed by atoms with Crippen LogP contribution in [-0.4, -0.2) is 30.2 Å². The zero-order valence-electron chi connectivity index (χ0n) is 9.17. The highest BCUT2D eigenvalue weighted by Crippen LogP contribution is 2.17. The van der Waals surface area contributed by atoms with Crippen LogP contribution in [0.1, 0.15) is 33.6 Å². The normalized spacial score (nSPS) is 26.9. The third kappa shape index (κ3) is 4.07. The lowest BCUT2D eigenvalue weighted by Crippen LogP contribution is -2.51. The van der Waals surface area contributed by atoms with Gasteiger partial charge < -0.3 is 15.8 Å². The molecule has 0 unspecified atom stereocenters. The molecule has 3 N–H and O–H groups in total. The molecule has 82 valence electrons. The van der Waals surface area contributed by atoms with Crippen LogP contribution in [0.2, 0.25) is 0 Å². The van der Waals surface area contributed by atoms with Crippen molar-refractivity contribution < 1.29 is 9.53 Å². The van der Waals surface area contributed by atoms with Gasteiger partial charge in [-0.3, -0.25) is 4.79 Å². The lowest BCUT2D eigenvalue weighted by molar-refractivity contribution is -0.131. The fourth-order valence-electron chi connectivity index (χ4n) is 1.33. The number of nitrogens with two attached hydrogens (primary N) is 1. The van der Waals surface area contributed by atoms with Gasteiger partial charge >= 0.3 is 0 Å². The van der Waals surface area contributed by atoms with Gasteiger partial charge in [0.15, 0.2) is 0 Å². The molecule has 0 atom stereocenters. The van der Waals surface area contributed by atoms with Gasteiger partial charge in [0.1, 0.15) is 6.61 Å². The number of carbonyl (C=O) groups is 1. The highest BCUT2D eigenvalue weighted by Gasteiger charge is 2.27. The van der Waals surface area contributed by atoms with Crippen molar-refractivity contribution in [3.05, 3.63) is 0 Å². The van der Waals surface area contributed by atoms with Crippen LogP contribution >= 0.6 is 0 Å². The molecule has 0 bridgehead atoms. The minimum absolute atomic E-state index is 0.0446. The minimum Gasteiger partial charge on any atom is -0.366 e. The van der Waals surface area contributed by atoms with Crippen molar-refractivity contribution in [1.82, 2.24) is 5.32 Å². The van der Waals surface area contributed by atoms with E-state index in [0.29, 0.717) is 0 Å². The van der Waals surface area contributed by atoms with Crippen LogP contribution in [0.3, 0.4) is 0 Å². The highest BCUT2D eigenvalue weighted by molar-refractivity contribution is 5.77. The van der Waals surface area contributed by atoms with Crippen LogP contribution in [0, 0.1) is 0 Å². The van der Waals surface area contributed by atoms with Gasteiger partial charge in [-0.25, -0.2) is 0 Å². The lowest BCUT2D eigenvalue weighted by atomic mass is 9.88. The molecule has 1 aliphatic rings. The summed E-state index contributed by atoms with van der Waals surface area (Å²) in [6, 6.07) is 0.532. The Balaban J connectivity index is 2.11. The number of ether oxygens (including phenoxy) is 1. The van der Waals surface area contributed by atoms with E-state index in [9.17, 15) is 4.79 Å². The largest absolute Gasteiger partial charge is 0.366 e. The number of amides is 1. The molecule has 1 aliphatic carbocycles. The van der Waals surface area contributed by atoms with Crippen molar-refractivity contribution in [2.45, 2.75) is 51.3 Å². The molecule has 1 rings (SSSR count). The summed E-state index contributed by atoms with van der Waals surface area (Å²) in [5, 5.41) is 2.88. The zero-order chi connectivity index (χ0) is 10.8. The maximum Gasteiger partial charge on any atom is 0.246 e. The predicted octanol–water partition coefficient (Wildman–Crippen LogP) is 0.407. The molecule has 4 nitrogen and oxygen atoms in total. The fourth-order valence-corrected chi connectivity index (χ4v) is 1.33. The fraction of sp³-hybridized carbons (Fsp3) is 0.900. The van der Waals surface area contributed by atoms with Gasteiger partial charge in [0.2, 0.25) is 5.91 Å². The summed E-state index contributed by atoms with van der Waals surface area (Å²) in [5.74, 6) is -0.0446. The summed E-state index contributed by atoms with van der Waals surface area (Å²) in [5.41, 5.74) is 5.35. The third-order valence-electron chi connectivity index (χ3n) is 2.18. The van der Waals surface area contributed by atoms with Gasteiger partial charge in [-0.2, -0.15) is 0 Å². The first kappa shape index (κ1) is 11.5. The van der Waals surface area contributed by atoms with Crippen molar-refractivity contribution in [2.24, 2.45) is 5.73 Å². The molecular weight excluding hydrogens is 180 g/mol. The number of nitrogens with one attached hydrogen (secondary N) is 1. The monoisotopic (exact) mass is 200 g/mol. The number of carbonyl (C=O) groups excluding carboxylic acids is 1. The molecule has 0 aromatic heterocycles. The molecule has 0 aromatic carbocycles. The van der Waals surface area contributed by atoms with Crippen molar-refractivity contribution in [3.63, 3.8) is 0 Å². The second-order valence-electron chi connectivity index (χ2n) is 4.90. The first-order valence-electron chi connectivity index (χ1n) is 5.06. The van der Waals surface area contributed by atoms with Crippen LogP contribution in [-0.2, 0) is 9.53 Å². The Hall–Kier alpha value is -0.610. The number of hydrogen-bond donors (Lipinski definition) is 2. The van der Waals surface area contributed by atoms with Gasteiger partial charge in [-0.05, 0) is 33.6 Å². The Labute approximate surface area is 85.2 Å². The van der Waals surface area contributed by atoms with Crippen LogP contribution < -0.4 is 11.1 Å². The first-order valence-corrected chi connectivity index (χ1v) is 5.06. The van der Waals surface area contributed by atoms with Gasteiger partial charge in [0, 0.05) is 12.1 Å². The smallest absolute Gasteiger partial charge is 0.246 e. The summed E-state index contributed by atoms with van der Waals surface area (Å²) < 4.78 is 5.34. The standard InChI is InChI=1S/C10H20N2O2/c1-10(2,3)14-6-9(13)12-8-4-7(11)5-8/h7-8H,4-6,11H2,1-3H3,(H,12,13). The second-order valence-corrected chi connectivity index (χ2v) is 4.90. The van der Waals surface area contributed by atoms with Gasteiger partial charge in [-0.1, -0.05) is 0 Å². The Morgan fingerprint density at radius 3 is 2.50 bits per heavy atom. The summed E-state index contributed by atoms with van der Waals surface area (Å²) in [7, 11) is 0. The first-order chi connectivity index (χ1) is 6.37. The second kappa shape index (κ2) is 4.28. The Morgan fingerprint density at radius 2 is 2.07 bits per heavy atom. The van der Waals surface area contributed by atoms with Crippen molar-refractivity contribution in [3.8, 4) is 0 Å². The Morgan fingerprint density at radius 1 is 1.50 bits per heavy atom. The van der Waals surface area contributed by atoms with Crippen LogP contribution in [0.15, 0.2) is 0 Å². The molecule has 0 radical (unpaired) electrons. The number of rotatable bonds is 3. The Kier molecular flexibility index (Phi) is 3.50. The van der Waals surface area contributed by atoms with Crippen molar-refractivity contribution in [1.29, 1.82) is 0 Å². The Bertz CT molecular complexity index is 205. The summed E-state index contributed by atoms with van der Waals surface area (Å²) >= 11 is 0. The van der Waals surface area contributed by atoms with Gasteiger partial charge in [0.05, 0.1) is 5.60 Å². The van der Waals surface area contributed by atoms with E-state index in [1.807, 2.05) is 20.8 Å². The quantitative estimate of drug-likeness (QED) is 0.693. The minimum atomic E-state index is -0.257. The highest BCUT2D eigenvalue weighted by atomic mass is 16.5. The van der Waals surface area contributed by atoms with Crippen LogP contribution in [0.5, 0.6) is 0 Å². The molecule has 1 saturated carbocycles. The summed E-state index contributed by atoms with van der Waals surface area (Å²) in [6.07, 6.45) is 1.78. The molecule has 14 heavy (non-hydrogen) atoms. The van der Waals surface area contributed by atoms with E-state index in [2.05, 4.69) is 5.32 Å². The molecule has 0 heterocycles. The average Bonchev–Trinajstić information content (AvgIpc) is 1.97. The summed E-state index contributed by atoms with van der Waals surface area (Å²) in [6.45, 7) is 5.92. The summed E-state index contributed by atoms with van der Waals surface area (Å²) in [4.78, 5) is 11.3. The van der Waals surface area contributed by atoms with E-state index in [-0.39, 0.29) is 30.2 Å².